The summed E-state index contributed by atoms with van der Waals surface area (Å²) < 4.78 is 39.8. The van der Waals surface area contributed by atoms with Crippen LogP contribution in [0, 0.1) is 5.92 Å². The van der Waals surface area contributed by atoms with Crippen molar-refractivity contribution >= 4 is 22.6 Å². The second kappa shape index (κ2) is 5.73. The summed E-state index contributed by atoms with van der Waals surface area (Å²) in [6, 6.07) is 5.60. The molecule has 7 heteroatoms. The van der Waals surface area contributed by atoms with Crippen LogP contribution in [-0.4, -0.2) is 23.8 Å². The van der Waals surface area contributed by atoms with Crippen molar-refractivity contribution in [3.63, 3.8) is 0 Å². The van der Waals surface area contributed by atoms with Gasteiger partial charge in [0.15, 0.2) is 5.17 Å². The Kier molecular flexibility index (Phi) is 4.24. The van der Waals surface area contributed by atoms with E-state index in [0.717, 1.165) is 17.5 Å². The molecule has 3 nitrogen and oxygen atoms in total. The number of rotatable bonds is 2. The number of aliphatic imine (C=N–C) groups is 1. The van der Waals surface area contributed by atoms with E-state index in [-0.39, 0.29) is 5.75 Å². The highest BCUT2D eigenvalue weighted by Crippen LogP contribution is 2.25. The minimum atomic E-state index is -4.66. The highest BCUT2D eigenvalue weighted by Gasteiger charge is 2.30. The number of nitrogens with zero attached hydrogens (tertiary/aromatic N) is 1. The van der Waals surface area contributed by atoms with Gasteiger partial charge in [0, 0.05) is 18.0 Å². The van der Waals surface area contributed by atoms with Crippen LogP contribution in [0.2, 0.25) is 0 Å². The summed E-state index contributed by atoms with van der Waals surface area (Å²) in [7, 11) is 0. The standard InChI is InChI=1S/C12H13F3N2OS/c1-8-6-16-11(19-7-8)17-9-2-4-10(5-3-9)18-12(13,14)15/h2-5,8H,6-7H2,1H3,(H,16,17). The molecule has 0 bridgehead atoms. The lowest BCUT2D eigenvalue weighted by Crippen LogP contribution is -2.19. The summed E-state index contributed by atoms with van der Waals surface area (Å²) >= 11 is 1.61. The number of ether oxygens (including phenoxy) is 1. The predicted molar refractivity (Wildman–Crippen MR) is 70.7 cm³/mol. The Hall–Kier alpha value is -1.37. The number of benzene rings is 1. The number of amidine groups is 1. The molecule has 0 amide bonds. The van der Waals surface area contributed by atoms with Crippen LogP contribution in [0.3, 0.4) is 0 Å². The molecular formula is C12H13F3N2OS. The van der Waals surface area contributed by atoms with E-state index in [0.29, 0.717) is 11.6 Å². The Bertz CT molecular complexity index is 459. The molecule has 0 saturated heterocycles. The van der Waals surface area contributed by atoms with E-state index in [1.165, 1.54) is 24.3 Å². The third-order valence-corrected chi connectivity index (χ3v) is 3.63. The molecule has 1 N–H and O–H groups in total. The second-order valence-corrected chi connectivity index (χ2v) is 5.27. The van der Waals surface area contributed by atoms with Gasteiger partial charge >= 0.3 is 6.36 Å². The molecule has 1 aromatic carbocycles. The maximum Gasteiger partial charge on any atom is 0.573 e. The van der Waals surface area contributed by atoms with Gasteiger partial charge in [-0.3, -0.25) is 4.99 Å². The minimum absolute atomic E-state index is 0.232. The van der Waals surface area contributed by atoms with Crippen LogP contribution in [0.1, 0.15) is 6.92 Å². The largest absolute Gasteiger partial charge is 0.573 e. The number of halogens is 3. The van der Waals surface area contributed by atoms with Gasteiger partial charge in [-0.2, -0.15) is 0 Å². The van der Waals surface area contributed by atoms with Crippen molar-refractivity contribution in [2.24, 2.45) is 10.9 Å². The molecule has 1 aromatic rings. The molecule has 1 heterocycles. The van der Waals surface area contributed by atoms with E-state index < -0.39 is 6.36 Å². The summed E-state index contributed by atoms with van der Waals surface area (Å²) in [6.45, 7) is 2.89. The van der Waals surface area contributed by atoms with Crippen LogP contribution < -0.4 is 10.1 Å². The molecule has 1 aliphatic rings. The molecule has 1 unspecified atom stereocenters. The van der Waals surface area contributed by atoms with Crippen LogP contribution in [-0.2, 0) is 0 Å². The number of hydrogen-bond acceptors (Lipinski definition) is 4. The average Bonchev–Trinajstić information content (AvgIpc) is 2.33. The van der Waals surface area contributed by atoms with Crippen molar-refractivity contribution in [2.75, 3.05) is 17.6 Å². The van der Waals surface area contributed by atoms with E-state index in [2.05, 4.69) is 22.0 Å². The summed E-state index contributed by atoms with van der Waals surface area (Å²) in [5.74, 6) is 1.31. The number of hydrogen-bond donors (Lipinski definition) is 1. The van der Waals surface area contributed by atoms with Crippen molar-refractivity contribution in [1.82, 2.24) is 0 Å². The van der Waals surface area contributed by atoms with Gasteiger partial charge in [0.05, 0.1) is 0 Å². The van der Waals surface area contributed by atoms with E-state index >= 15 is 0 Å². The van der Waals surface area contributed by atoms with Gasteiger partial charge in [0.1, 0.15) is 5.75 Å². The quantitative estimate of drug-likeness (QED) is 0.901. The van der Waals surface area contributed by atoms with Gasteiger partial charge in [0.2, 0.25) is 0 Å². The maximum atomic E-state index is 12.0. The van der Waals surface area contributed by atoms with Crippen molar-refractivity contribution in [3.8, 4) is 5.75 Å². The Morgan fingerprint density at radius 3 is 2.53 bits per heavy atom. The summed E-state index contributed by atoms with van der Waals surface area (Å²) in [4.78, 5) is 4.34. The number of anilines is 1. The van der Waals surface area contributed by atoms with Crippen LogP contribution in [0.4, 0.5) is 18.9 Å². The topological polar surface area (TPSA) is 33.6 Å². The van der Waals surface area contributed by atoms with Gasteiger partial charge < -0.3 is 10.1 Å². The zero-order valence-electron chi connectivity index (χ0n) is 10.2. The normalized spacial score (nSPS) is 19.8. The molecule has 1 atom stereocenters. The first-order chi connectivity index (χ1) is 8.92. The Morgan fingerprint density at radius 1 is 1.32 bits per heavy atom. The monoisotopic (exact) mass is 290 g/mol. The lowest BCUT2D eigenvalue weighted by molar-refractivity contribution is -0.274. The number of alkyl halides is 3. The second-order valence-electron chi connectivity index (χ2n) is 4.26. The molecule has 0 spiro atoms. The zero-order valence-corrected chi connectivity index (χ0v) is 11.0. The molecular weight excluding hydrogens is 277 g/mol. The van der Waals surface area contributed by atoms with Crippen LogP contribution in [0.25, 0.3) is 0 Å². The third-order valence-electron chi connectivity index (χ3n) is 2.39. The molecule has 1 aliphatic heterocycles. The molecule has 0 aliphatic carbocycles. The smallest absolute Gasteiger partial charge is 0.406 e. The van der Waals surface area contributed by atoms with Crippen molar-refractivity contribution in [1.29, 1.82) is 0 Å². The highest BCUT2D eigenvalue weighted by atomic mass is 32.2. The lowest BCUT2D eigenvalue weighted by Gasteiger charge is -2.18. The Morgan fingerprint density at radius 2 is 2.00 bits per heavy atom. The van der Waals surface area contributed by atoms with E-state index in [9.17, 15) is 13.2 Å². The SMILES string of the molecule is CC1CN=C(Nc2ccc(OC(F)(F)F)cc2)SC1. The number of nitrogens with one attached hydrogen (secondary N) is 1. The highest BCUT2D eigenvalue weighted by molar-refractivity contribution is 8.14. The van der Waals surface area contributed by atoms with Gasteiger partial charge in [-0.15, -0.1) is 13.2 Å². The fourth-order valence-electron chi connectivity index (χ4n) is 1.50. The first kappa shape index (κ1) is 14.0. The van der Waals surface area contributed by atoms with Crippen LogP contribution in [0.15, 0.2) is 29.3 Å². The number of thioether (sulfide) groups is 1. The van der Waals surface area contributed by atoms with E-state index in [4.69, 9.17) is 0 Å². The molecule has 0 aromatic heterocycles. The van der Waals surface area contributed by atoms with Gasteiger partial charge in [0.25, 0.3) is 0 Å². The molecule has 104 valence electrons. The zero-order chi connectivity index (χ0) is 13.9. The molecule has 19 heavy (non-hydrogen) atoms. The lowest BCUT2D eigenvalue weighted by atomic mass is 10.2. The van der Waals surface area contributed by atoms with Gasteiger partial charge in [-0.1, -0.05) is 18.7 Å². The fraction of sp³-hybridized carbons (Fsp3) is 0.417. The molecule has 0 radical (unpaired) electrons. The molecule has 0 saturated carbocycles. The summed E-state index contributed by atoms with van der Waals surface area (Å²) in [5, 5.41) is 3.86. The minimum Gasteiger partial charge on any atom is -0.406 e. The Labute approximate surface area is 113 Å². The summed E-state index contributed by atoms with van der Waals surface area (Å²) in [5.41, 5.74) is 0.690. The first-order valence-corrected chi connectivity index (χ1v) is 6.71. The maximum absolute atomic E-state index is 12.0. The average molecular weight is 290 g/mol. The third kappa shape index (κ3) is 4.66. The van der Waals surface area contributed by atoms with Crippen LogP contribution >= 0.6 is 11.8 Å². The van der Waals surface area contributed by atoms with Crippen LogP contribution in [0.5, 0.6) is 5.75 Å². The van der Waals surface area contributed by atoms with Gasteiger partial charge in [-0.05, 0) is 30.2 Å². The first-order valence-electron chi connectivity index (χ1n) is 5.72. The van der Waals surface area contributed by atoms with Crippen molar-refractivity contribution in [2.45, 2.75) is 13.3 Å². The predicted octanol–water partition coefficient (Wildman–Crippen LogP) is 3.74. The van der Waals surface area contributed by atoms with E-state index in [1.807, 2.05) is 0 Å². The fourth-order valence-corrected chi connectivity index (χ4v) is 2.40. The Balaban J connectivity index is 1.95. The van der Waals surface area contributed by atoms with Crippen molar-refractivity contribution in [3.05, 3.63) is 24.3 Å². The molecule has 0 fully saturated rings. The van der Waals surface area contributed by atoms with Gasteiger partial charge in [-0.25, -0.2) is 0 Å². The van der Waals surface area contributed by atoms with Crippen molar-refractivity contribution < 1.29 is 17.9 Å². The summed E-state index contributed by atoms with van der Waals surface area (Å²) in [6.07, 6.45) is -4.66. The van der Waals surface area contributed by atoms with E-state index in [1.54, 1.807) is 11.8 Å². The molecule has 2 rings (SSSR count).